The number of hydrogen-bond acceptors (Lipinski definition) is 2. The molecule has 0 aromatic heterocycles. The lowest BCUT2D eigenvalue weighted by molar-refractivity contribution is -0.144. The first-order valence-corrected chi connectivity index (χ1v) is 6.62. The Morgan fingerprint density at radius 3 is 2.61 bits per heavy atom. The summed E-state index contributed by atoms with van der Waals surface area (Å²) in [5.41, 5.74) is 2.48. The van der Waals surface area contributed by atoms with Crippen molar-refractivity contribution in [3.63, 3.8) is 0 Å². The molecule has 1 aromatic carbocycles. The van der Waals surface area contributed by atoms with Crippen molar-refractivity contribution in [1.29, 1.82) is 0 Å². The van der Waals surface area contributed by atoms with Gasteiger partial charge in [-0.1, -0.05) is 31.2 Å². The molecular formula is C15H21NO2. The molecular weight excluding hydrogens is 226 g/mol. The first-order chi connectivity index (χ1) is 8.61. The molecule has 0 bridgehead atoms. The highest BCUT2D eigenvalue weighted by Crippen LogP contribution is 2.32. The zero-order valence-corrected chi connectivity index (χ0v) is 11.1. The number of carbonyl (C=O) groups is 1. The van der Waals surface area contributed by atoms with Gasteiger partial charge in [-0.25, -0.2) is 0 Å². The minimum Gasteiger partial charge on any atom is -0.481 e. The van der Waals surface area contributed by atoms with E-state index in [0.717, 1.165) is 19.4 Å². The molecule has 2 unspecified atom stereocenters. The number of rotatable bonds is 3. The van der Waals surface area contributed by atoms with Crippen LogP contribution in [0.5, 0.6) is 0 Å². The van der Waals surface area contributed by atoms with Gasteiger partial charge in [-0.05, 0) is 43.5 Å². The molecule has 1 aliphatic rings. The quantitative estimate of drug-likeness (QED) is 0.891. The molecule has 98 valence electrons. The van der Waals surface area contributed by atoms with E-state index in [1.807, 2.05) is 7.05 Å². The van der Waals surface area contributed by atoms with Gasteiger partial charge in [0.1, 0.15) is 0 Å². The zero-order chi connectivity index (χ0) is 13.1. The average molecular weight is 247 g/mol. The second-order valence-electron chi connectivity index (χ2n) is 5.20. The Hall–Kier alpha value is -1.35. The normalized spacial score (nSPS) is 25.0. The fraction of sp³-hybridized carbons (Fsp3) is 0.533. The summed E-state index contributed by atoms with van der Waals surface area (Å²) in [6.07, 6.45) is 1.95. The van der Waals surface area contributed by atoms with E-state index >= 15 is 0 Å². The number of piperidine rings is 1. The van der Waals surface area contributed by atoms with Gasteiger partial charge < -0.3 is 10.0 Å². The molecule has 1 saturated heterocycles. The lowest BCUT2D eigenvalue weighted by Crippen LogP contribution is -2.40. The van der Waals surface area contributed by atoms with E-state index in [1.54, 1.807) is 0 Å². The molecule has 1 aliphatic heterocycles. The highest BCUT2D eigenvalue weighted by molar-refractivity contribution is 5.72. The van der Waals surface area contributed by atoms with Crippen LogP contribution in [-0.4, -0.2) is 36.1 Å². The summed E-state index contributed by atoms with van der Waals surface area (Å²) in [6, 6.07) is 8.44. The van der Waals surface area contributed by atoms with Crippen LogP contribution in [0.1, 0.15) is 30.4 Å². The van der Waals surface area contributed by atoms with Gasteiger partial charge in [-0.3, -0.25) is 4.79 Å². The summed E-state index contributed by atoms with van der Waals surface area (Å²) in [5.74, 6) is -0.799. The van der Waals surface area contributed by atoms with E-state index in [2.05, 4.69) is 36.1 Å². The van der Waals surface area contributed by atoms with Crippen LogP contribution < -0.4 is 0 Å². The van der Waals surface area contributed by atoms with E-state index in [4.69, 9.17) is 0 Å². The van der Waals surface area contributed by atoms with Crippen LogP contribution in [0.4, 0.5) is 0 Å². The molecule has 1 N–H and O–H groups in total. The van der Waals surface area contributed by atoms with Gasteiger partial charge in [-0.2, -0.15) is 0 Å². The van der Waals surface area contributed by atoms with E-state index in [-0.39, 0.29) is 11.8 Å². The third-order valence-electron chi connectivity index (χ3n) is 3.95. The molecule has 3 nitrogen and oxygen atoms in total. The summed E-state index contributed by atoms with van der Waals surface area (Å²) in [6.45, 7) is 3.75. The molecule has 1 heterocycles. The SMILES string of the molecule is CCc1ccc(C2CCN(C)CC2C(=O)O)cc1. The molecule has 0 spiro atoms. The summed E-state index contributed by atoms with van der Waals surface area (Å²) < 4.78 is 0. The maximum Gasteiger partial charge on any atom is 0.308 e. The summed E-state index contributed by atoms with van der Waals surface area (Å²) in [7, 11) is 1.99. The van der Waals surface area contributed by atoms with Crippen LogP contribution in [0, 0.1) is 5.92 Å². The van der Waals surface area contributed by atoms with Crippen LogP contribution in [0.3, 0.4) is 0 Å². The fourth-order valence-electron chi connectivity index (χ4n) is 2.76. The maximum atomic E-state index is 11.4. The van der Waals surface area contributed by atoms with E-state index < -0.39 is 5.97 Å². The minimum absolute atomic E-state index is 0.157. The van der Waals surface area contributed by atoms with Crippen LogP contribution in [-0.2, 0) is 11.2 Å². The molecule has 18 heavy (non-hydrogen) atoms. The van der Waals surface area contributed by atoms with Crippen LogP contribution in [0.25, 0.3) is 0 Å². The highest BCUT2D eigenvalue weighted by atomic mass is 16.4. The number of nitrogens with zero attached hydrogens (tertiary/aromatic N) is 1. The number of aliphatic carboxylic acids is 1. The Bertz CT molecular complexity index is 413. The number of carboxylic acids is 1. The molecule has 0 aliphatic carbocycles. The Kier molecular flexibility index (Phi) is 4.02. The largest absolute Gasteiger partial charge is 0.481 e. The Morgan fingerprint density at radius 1 is 1.39 bits per heavy atom. The first kappa shape index (κ1) is 13.1. The first-order valence-electron chi connectivity index (χ1n) is 6.62. The third-order valence-corrected chi connectivity index (χ3v) is 3.95. The van der Waals surface area contributed by atoms with Gasteiger partial charge >= 0.3 is 5.97 Å². The second kappa shape index (κ2) is 5.53. The summed E-state index contributed by atoms with van der Waals surface area (Å²) in [4.78, 5) is 13.5. The van der Waals surface area contributed by atoms with Crippen molar-refractivity contribution in [2.45, 2.75) is 25.7 Å². The van der Waals surface area contributed by atoms with E-state index in [9.17, 15) is 9.90 Å². The van der Waals surface area contributed by atoms with Crippen molar-refractivity contribution >= 4 is 5.97 Å². The van der Waals surface area contributed by atoms with Crippen LogP contribution >= 0.6 is 0 Å². The molecule has 0 amide bonds. The standard InChI is InChI=1S/C15H21NO2/c1-3-11-4-6-12(7-5-11)13-8-9-16(2)10-14(13)15(17)18/h4-7,13-14H,3,8-10H2,1-2H3,(H,17,18). The van der Waals surface area contributed by atoms with Gasteiger partial charge in [0, 0.05) is 6.54 Å². The molecule has 0 saturated carbocycles. The Balaban J connectivity index is 2.20. The van der Waals surface area contributed by atoms with Gasteiger partial charge in [0.15, 0.2) is 0 Å². The predicted octanol–water partition coefficient (Wildman–Crippen LogP) is 2.37. The van der Waals surface area contributed by atoms with E-state index in [0.29, 0.717) is 6.54 Å². The number of likely N-dealkylation sites (tertiary alicyclic amines) is 1. The van der Waals surface area contributed by atoms with Crippen molar-refractivity contribution in [3.8, 4) is 0 Å². The topological polar surface area (TPSA) is 40.5 Å². The molecule has 3 heteroatoms. The van der Waals surface area contributed by atoms with Crippen molar-refractivity contribution in [2.75, 3.05) is 20.1 Å². The lowest BCUT2D eigenvalue weighted by Gasteiger charge is -2.34. The number of carboxylic acid groups (broad SMARTS) is 1. The summed E-state index contributed by atoms with van der Waals surface area (Å²) in [5, 5.41) is 9.36. The van der Waals surface area contributed by atoms with Gasteiger partial charge in [-0.15, -0.1) is 0 Å². The highest BCUT2D eigenvalue weighted by Gasteiger charge is 2.33. The smallest absolute Gasteiger partial charge is 0.308 e. The van der Waals surface area contributed by atoms with Crippen LogP contribution in [0.2, 0.25) is 0 Å². The number of aryl methyl sites for hydroxylation is 1. The molecule has 2 rings (SSSR count). The molecule has 1 fully saturated rings. The van der Waals surface area contributed by atoms with Crippen molar-refractivity contribution in [1.82, 2.24) is 4.90 Å². The Morgan fingerprint density at radius 2 is 2.06 bits per heavy atom. The number of benzene rings is 1. The molecule has 1 aromatic rings. The summed E-state index contributed by atoms with van der Waals surface area (Å²) >= 11 is 0. The van der Waals surface area contributed by atoms with Gasteiger partial charge in [0.2, 0.25) is 0 Å². The third kappa shape index (κ3) is 2.72. The van der Waals surface area contributed by atoms with E-state index in [1.165, 1.54) is 11.1 Å². The van der Waals surface area contributed by atoms with Crippen molar-refractivity contribution in [3.05, 3.63) is 35.4 Å². The number of hydrogen-bond donors (Lipinski definition) is 1. The molecule has 0 radical (unpaired) electrons. The van der Waals surface area contributed by atoms with Crippen LogP contribution in [0.15, 0.2) is 24.3 Å². The van der Waals surface area contributed by atoms with Crippen molar-refractivity contribution in [2.24, 2.45) is 5.92 Å². The van der Waals surface area contributed by atoms with Crippen molar-refractivity contribution < 1.29 is 9.90 Å². The second-order valence-corrected chi connectivity index (χ2v) is 5.20. The Labute approximate surface area is 108 Å². The predicted molar refractivity (Wildman–Crippen MR) is 71.8 cm³/mol. The average Bonchev–Trinajstić information content (AvgIpc) is 2.39. The van der Waals surface area contributed by atoms with Gasteiger partial charge in [0.05, 0.1) is 5.92 Å². The zero-order valence-electron chi connectivity index (χ0n) is 11.1. The fourth-order valence-corrected chi connectivity index (χ4v) is 2.76. The monoisotopic (exact) mass is 247 g/mol. The lowest BCUT2D eigenvalue weighted by atomic mass is 9.80. The molecule has 2 atom stereocenters. The van der Waals surface area contributed by atoms with Gasteiger partial charge in [0.25, 0.3) is 0 Å². The maximum absolute atomic E-state index is 11.4. The minimum atomic E-state index is -0.675.